The van der Waals surface area contributed by atoms with Crippen molar-refractivity contribution in [3.8, 4) is 0 Å². The van der Waals surface area contributed by atoms with Crippen LogP contribution in [0, 0.1) is 5.41 Å². The van der Waals surface area contributed by atoms with E-state index >= 15 is 0 Å². The maximum Gasteiger partial charge on any atom is 0.320 e. The minimum absolute atomic E-state index is 0.00557. The number of rotatable bonds is 6. The van der Waals surface area contributed by atoms with Gasteiger partial charge in [0, 0.05) is 25.7 Å². The number of carboxylic acids is 1. The third kappa shape index (κ3) is 4.61. The Kier molecular flexibility index (Phi) is 6.49. The summed E-state index contributed by atoms with van der Waals surface area (Å²) < 4.78 is 0. The Hall–Kier alpha value is -1.26. The van der Waals surface area contributed by atoms with Gasteiger partial charge in [0.05, 0.1) is 6.42 Å². The van der Waals surface area contributed by atoms with Gasteiger partial charge in [-0.3, -0.25) is 4.79 Å². The zero-order valence-corrected chi connectivity index (χ0v) is 13.9. The Morgan fingerprint density at radius 2 is 1.71 bits per heavy atom. The first-order valence-corrected chi connectivity index (χ1v) is 8.12. The van der Waals surface area contributed by atoms with Crippen LogP contribution in [0.1, 0.15) is 59.8 Å². The van der Waals surface area contributed by atoms with E-state index in [1.54, 1.807) is 4.90 Å². The maximum atomic E-state index is 12.6. The van der Waals surface area contributed by atoms with Gasteiger partial charge < -0.3 is 14.9 Å². The molecular formula is C16H30N2O3. The topological polar surface area (TPSA) is 60.9 Å². The first kappa shape index (κ1) is 17.8. The van der Waals surface area contributed by atoms with Gasteiger partial charge in [-0.1, -0.05) is 26.7 Å². The SMILES string of the molecule is CCC1(CC)CCN(C(=O)N(CCC(=O)O)C(C)C)CC1. The molecule has 122 valence electrons. The molecule has 0 saturated carbocycles. The molecule has 0 aromatic carbocycles. The summed E-state index contributed by atoms with van der Waals surface area (Å²) in [5.74, 6) is -0.858. The second-order valence-electron chi connectivity index (χ2n) is 6.41. The van der Waals surface area contributed by atoms with Crippen molar-refractivity contribution in [1.82, 2.24) is 9.80 Å². The van der Waals surface area contributed by atoms with Crippen molar-refractivity contribution in [2.45, 2.75) is 65.8 Å². The van der Waals surface area contributed by atoms with Crippen LogP contribution in [-0.4, -0.2) is 52.6 Å². The number of carbonyl (C=O) groups excluding carboxylic acids is 1. The van der Waals surface area contributed by atoms with Gasteiger partial charge in [0.25, 0.3) is 0 Å². The van der Waals surface area contributed by atoms with Crippen LogP contribution in [0.2, 0.25) is 0 Å². The molecule has 0 aromatic heterocycles. The van der Waals surface area contributed by atoms with Crippen LogP contribution in [0.4, 0.5) is 4.79 Å². The number of piperidine rings is 1. The summed E-state index contributed by atoms with van der Waals surface area (Å²) in [4.78, 5) is 26.9. The lowest BCUT2D eigenvalue weighted by molar-refractivity contribution is -0.137. The molecule has 0 aromatic rings. The first-order valence-electron chi connectivity index (χ1n) is 8.12. The van der Waals surface area contributed by atoms with Gasteiger partial charge in [-0.05, 0) is 32.1 Å². The standard InChI is InChI=1S/C16H30N2O3/c1-5-16(6-2)8-11-17(12-9-16)15(21)18(13(3)4)10-7-14(19)20/h13H,5-12H2,1-4H3,(H,19,20). The van der Waals surface area contributed by atoms with E-state index < -0.39 is 5.97 Å². The molecule has 1 rings (SSSR count). The third-order valence-electron chi connectivity index (χ3n) is 5.03. The average Bonchev–Trinajstić information content (AvgIpc) is 2.46. The normalized spacial score (nSPS) is 17.9. The number of aliphatic carboxylic acids is 1. The van der Waals surface area contributed by atoms with Crippen LogP contribution in [0.5, 0.6) is 0 Å². The molecule has 5 heteroatoms. The summed E-state index contributed by atoms with van der Waals surface area (Å²) in [5.41, 5.74) is 0.389. The lowest BCUT2D eigenvalue weighted by Gasteiger charge is -2.43. The van der Waals surface area contributed by atoms with Crippen LogP contribution in [0.25, 0.3) is 0 Å². The van der Waals surface area contributed by atoms with Crippen LogP contribution in [0.15, 0.2) is 0 Å². The highest BCUT2D eigenvalue weighted by Crippen LogP contribution is 2.38. The van der Waals surface area contributed by atoms with Crippen molar-refractivity contribution in [3.05, 3.63) is 0 Å². The number of urea groups is 1. The maximum absolute atomic E-state index is 12.6. The van der Waals surface area contributed by atoms with Crippen LogP contribution in [0.3, 0.4) is 0 Å². The zero-order valence-electron chi connectivity index (χ0n) is 13.9. The van der Waals surface area contributed by atoms with Gasteiger partial charge in [-0.2, -0.15) is 0 Å². The number of likely N-dealkylation sites (tertiary alicyclic amines) is 1. The molecule has 0 spiro atoms. The van der Waals surface area contributed by atoms with E-state index in [0.29, 0.717) is 5.41 Å². The van der Waals surface area contributed by atoms with Crippen molar-refractivity contribution in [2.75, 3.05) is 19.6 Å². The third-order valence-corrected chi connectivity index (χ3v) is 5.03. The van der Waals surface area contributed by atoms with Gasteiger partial charge in [-0.15, -0.1) is 0 Å². The van der Waals surface area contributed by atoms with E-state index in [0.717, 1.165) is 25.9 Å². The van der Waals surface area contributed by atoms with Crippen molar-refractivity contribution >= 4 is 12.0 Å². The van der Waals surface area contributed by atoms with Gasteiger partial charge in [-0.25, -0.2) is 4.79 Å². The first-order chi connectivity index (χ1) is 9.85. The lowest BCUT2D eigenvalue weighted by atomic mass is 9.74. The Labute approximate surface area is 128 Å². The van der Waals surface area contributed by atoms with Crippen molar-refractivity contribution in [3.63, 3.8) is 0 Å². The lowest BCUT2D eigenvalue weighted by Crippen LogP contribution is -2.51. The van der Waals surface area contributed by atoms with Crippen LogP contribution in [-0.2, 0) is 4.79 Å². The Balaban J connectivity index is 2.63. The molecule has 1 aliphatic heterocycles. The number of carboxylic acid groups (broad SMARTS) is 1. The molecule has 1 saturated heterocycles. The van der Waals surface area contributed by atoms with E-state index in [1.165, 1.54) is 12.8 Å². The van der Waals surface area contributed by atoms with E-state index in [9.17, 15) is 9.59 Å². The van der Waals surface area contributed by atoms with Crippen molar-refractivity contribution < 1.29 is 14.7 Å². The Morgan fingerprint density at radius 3 is 2.10 bits per heavy atom. The van der Waals surface area contributed by atoms with E-state index in [-0.39, 0.29) is 25.0 Å². The molecule has 21 heavy (non-hydrogen) atoms. The summed E-state index contributed by atoms with van der Waals surface area (Å²) >= 11 is 0. The highest BCUT2D eigenvalue weighted by molar-refractivity contribution is 5.76. The van der Waals surface area contributed by atoms with Gasteiger partial charge in [0.1, 0.15) is 0 Å². The second-order valence-corrected chi connectivity index (χ2v) is 6.41. The smallest absolute Gasteiger partial charge is 0.320 e. The largest absolute Gasteiger partial charge is 0.481 e. The molecule has 0 radical (unpaired) electrons. The fourth-order valence-corrected chi connectivity index (χ4v) is 3.10. The molecule has 0 unspecified atom stereocenters. The highest BCUT2D eigenvalue weighted by Gasteiger charge is 2.34. The summed E-state index contributed by atoms with van der Waals surface area (Å²) in [6.45, 7) is 10.2. The van der Waals surface area contributed by atoms with Gasteiger partial charge >= 0.3 is 12.0 Å². The fraction of sp³-hybridized carbons (Fsp3) is 0.875. The molecule has 5 nitrogen and oxygen atoms in total. The van der Waals surface area contributed by atoms with E-state index in [4.69, 9.17) is 5.11 Å². The summed E-state index contributed by atoms with van der Waals surface area (Å²) in [6.07, 6.45) is 4.44. The summed E-state index contributed by atoms with van der Waals surface area (Å²) in [7, 11) is 0. The number of hydrogen-bond acceptors (Lipinski definition) is 2. The summed E-state index contributed by atoms with van der Waals surface area (Å²) in [5, 5.41) is 8.82. The Bertz CT molecular complexity index is 355. The monoisotopic (exact) mass is 298 g/mol. The molecule has 1 heterocycles. The van der Waals surface area contributed by atoms with Gasteiger partial charge in [0.15, 0.2) is 0 Å². The predicted octanol–water partition coefficient (Wildman–Crippen LogP) is 3.19. The summed E-state index contributed by atoms with van der Waals surface area (Å²) in [6, 6.07) is 0.0212. The minimum atomic E-state index is -0.858. The van der Waals surface area contributed by atoms with Gasteiger partial charge in [0.2, 0.25) is 0 Å². The van der Waals surface area contributed by atoms with Crippen molar-refractivity contribution in [2.24, 2.45) is 5.41 Å². The number of carbonyl (C=O) groups is 2. The van der Waals surface area contributed by atoms with E-state index in [1.807, 2.05) is 18.7 Å². The number of nitrogens with zero attached hydrogens (tertiary/aromatic N) is 2. The molecule has 2 amide bonds. The Morgan fingerprint density at radius 1 is 1.19 bits per heavy atom. The van der Waals surface area contributed by atoms with Crippen LogP contribution < -0.4 is 0 Å². The fourth-order valence-electron chi connectivity index (χ4n) is 3.10. The van der Waals surface area contributed by atoms with Crippen molar-refractivity contribution in [1.29, 1.82) is 0 Å². The molecule has 0 bridgehead atoms. The second kappa shape index (κ2) is 7.66. The molecule has 1 aliphatic rings. The predicted molar refractivity (Wildman–Crippen MR) is 83.3 cm³/mol. The number of amides is 2. The highest BCUT2D eigenvalue weighted by atomic mass is 16.4. The zero-order chi connectivity index (χ0) is 16.0. The van der Waals surface area contributed by atoms with Crippen LogP contribution >= 0.6 is 0 Å². The molecule has 1 N–H and O–H groups in total. The quantitative estimate of drug-likeness (QED) is 0.819. The molecular weight excluding hydrogens is 268 g/mol. The molecule has 0 atom stereocenters. The molecule has 0 aliphatic carbocycles. The minimum Gasteiger partial charge on any atom is -0.481 e. The average molecular weight is 298 g/mol. The van der Waals surface area contributed by atoms with E-state index in [2.05, 4.69) is 13.8 Å². The number of hydrogen-bond donors (Lipinski definition) is 1. The molecule has 1 fully saturated rings.